The van der Waals surface area contributed by atoms with Crippen LogP contribution in [0.3, 0.4) is 0 Å². The second-order valence-electron chi connectivity index (χ2n) is 3.69. The predicted molar refractivity (Wildman–Crippen MR) is 80.8 cm³/mol. The summed E-state index contributed by atoms with van der Waals surface area (Å²) in [6.07, 6.45) is 1.69. The Morgan fingerprint density at radius 1 is 1.58 bits per heavy atom. The summed E-state index contributed by atoms with van der Waals surface area (Å²) in [5.74, 6) is 0.781. The Morgan fingerprint density at radius 2 is 2.32 bits per heavy atom. The second-order valence-corrected chi connectivity index (χ2v) is 4.10. The SMILES string of the molecule is C=CCNC(=S)N/N=C(\C)c1cc(OC)ccc1O. The number of benzene rings is 1. The number of methoxy groups -OCH3 is 1. The standard InChI is InChI=1S/C13H17N3O2S/c1-4-7-14-13(19)16-15-9(2)11-8-10(18-3)5-6-12(11)17/h4-6,8,17H,1,7H2,2-3H3,(H2,14,16,19)/b15-9+. The summed E-state index contributed by atoms with van der Waals surface area (Å²) in [6, 6.07) is 4.94. The van der Waals surface area contributed by atoms with E-state index in [0.717, 1.165) is 0 Å². The average molecular weight is 279 g/mol. The molecule has 0 aliphatic heterocycles. The van der Waals surface area contributed by atoms with E-state index in [1.807, 2.05) is 0 Å². The molecule has 0 bridgehead atoms. The van der Waals surface area contributed by atoms with Crippen molar-refractivity contribution in [3.8, 4) is 11.5 Å². The molecular formula is C13H17N3O2S. The quantitative estimate of drug-likeness (QED) is 0.332. The first-order valence-corrected chi connectivity index (χ1v) is 6.05. The zero-order valence-electron chi connectivity index (χ0n) is 10.9. The van der Waals surface area contributed by atoms with Gasteiger partial charge in [0.05, 0.1) is 12.8 Å². The lowest BCUT2D eigenvalue weighted by Crippen LogP contribution is -2.32. The topological polar surface area (TPSA) is 65.9 Å². The van der Waals surface area contributed by atoms with Crippen LogP contribution in [0.5, 0.6) is 11.5 Å². The van der Waals surface area contributed by atoms with Crippen molar-refractivity contribution in [3.05, 3.63) is 36.4 Å². The van der Waals surface area contributed by atoms with Gasteiger partial charge in [-0.3, -0.25) is 5.43 Å². The molecule has 0 fully saturated rings. The van der Waals surface area contributed by atoms with Crippen LogP contribution in [0.15, 0.2) is 36.0 Å². The molecule has 0 spiro atoms. The summed E-state index contributed by atoms with van der Waals surface area (Å²) >= 11 is 5.01. The molecule has 0 saturated carbocycles. The van der Waals surface area contributed by atoms with Crippen LogP contribution in [-0.4, -0.2) is 29.6 Å². The minimum atomic E-state index is 0.133. The molecule has 0 saturated heterocycles. The first-order valence-electron chi connectivity index (χ1n) is 5.65. The number of hydrogen-bond donors (Lipinski definition) is 3. The largest absolute Gasteiger partial charge is 0.507 e. The molecule has 0 aromatic heterocycles. The lowest BCUT2D eigenvalue weighted by molar-refractivity contribution is 0.412. The third-order valence-corrected chi connectivity index (χ3v) is 2.56. The maximum Gasteiger partial charge on any atom is 0.187 e. The molecule has 1 aromatic rings. The molecule has 1 rings (SSSR count). The Balaban J connectivity index is 2.78. The number of phenolic OH excluding ortho intramolecular Hbond substituents is 1. The van der Waals surface area contributed by atoms with Crippen molar-refractivity contribution in [3.63, 3.8) is 0 Å². The van der Waals surface area contributed by atoms with Gasteiger partial charge in [-0.05, 0) is 37.3 Å². The molecule has 0 unspecified atom stereocenters. The zero-order valence-corrected chi connectivity index (χ0v) is 11.8. The highest BCUT2D eigenvalue weighted by atomic mass is 32.1. The Bertz CT molecular complexity index is 501. The van der Waals surface area contributed by atoms with Crippen LogP contribution in [-0.2, 0) is 0 Å². The van der Waals surface area contributed by atoms with Crippen LogP contribution in [0.1, 0.15) is 12.5 Å². The molecule has 102 valence electrons. The molecule has 0 aliphatic carbocycles. The van der Waals surface area contributed by atoms with Crippen molar-refractivity contribution in [1.82, 2.24) is 10.7 Å². The van der Waals surface area contributed by atoms with Gasteiger partial charge in [0.15, 0.2) is 5.11 Å². The smallest absolute Gasteiger partial charge is 0.187 e. The fraction of sp³-hybridized carbons (Fsp3) is 0.231. The molecule has 0 atom stereocenters. The summed E-state index contributed by atoms with van der Waals surface area (Å²) in [5, 5.41) is 17.2. The van der Waals surface area contributed by atoms with Gasteiger partial charge in [-0.25, -0.2) is 0 Å². The number of nitrogens with zero attached hydrogens (tertiary/aromatic N) is 1. The zero-order chi connectivity index (χ0) is 14.3. The van der Waals surface area contributed by atoms with Gasteiger partial charge in [0.1, 0.15) is 11.5 Å². The van der Waals surface area contributed by atoms with E-state index in [1.165, 1.54) is 0 Å². The molecule has 0 heterocycles. The van der Waals surface area contributed by atoms with Crippen molar-refractivity contribution in [2.75, 3.05) is 13.7 Å². The van der Waals surface area contributed by atoms with Crippen LogP contribution < -0.4 is 15.5 Å². The van der Waals surface area contributed by atoms with Gasteiger partial charge in [0.2, 0.25) is 0 Å². The molecule has 5 nitrogen and oxygen atoms in total. The predicted octanol–water partition coefficient (Wildman–Crippen LogP) is 1.77. The number of aromatic hydroxyl groups is 1. The average Bonchev–Trinajstić information content (AvgIpc) is 2.43. The third kappa shape index (κ3) is 4.59. The monoisotopic (exact) mass is 279 g/mol. The van der Waals surface area contributed by atoms with Gasteiger partial charge in [-0.2, -0.15) is 5.10 Å². The highest BCUT2D eigenvalue weighted by Crippen LogP contribution is 2.23. The van der Waals surface area contributed by atoms with Crippen molar-refractivity contribution < 1.29 is 9.84 Å². The summed E-state index contributed by atoms with van der Waals surface area (Å²) in [5.41, 5.74) is 3.87. The molecule has 3 N–H and O–H groups in total. The Labute approximate surface area is 118 Å². The molecule has 6 heteroatoms. The van der Waals surface area contributed by atoms with Gasteiger partial charge >= 0.3 is 0 Å². The molecule has 1 aromatic carbocycles. The minimum Gasteiger partial charge on any atom is -0.507 e. The van der Waals surface area contributed by atoms with E-state index in [2.05, 4.69) is 22.4 Å². The van der Waals surface area contributed by atoms with E-state index in [1.54, 1.807) is 38.3 Å². The summed E-state index contributed by atoms with van der Waals surface area (Å²) in [7, 11) is 1.56. The van der Waals surface area contributed by atoms with Crippen LogP contribution in [0, 0.1) is 0 Å². The normalized spacial score (nSPS) is 10.7. The molecule has 0 radical (unpaired) electrons. The van der Waals surface area contributed by atoms with E-state index >= 15 is 0 Å². The lowest BCUT2D eigenvalue weighted by Gasteiger charge is -2.08. The van der Waals surface area contributed by atoms with Gasteiger partial charge in [0, 0.05) is 12.1 Å². The van der Waals surface area contributed by atoms with E-state index in [4.69, 9.17) is 17.0 Å². The van der Waals surface area contributed by atoms with E-state index in [0.29, 0.717) is 28.7 Å². The van der Waals surface area contributed by atoms with E-state index in [9.17, 15) is 5.11 Å². The number of ether oxygens (including phenoxy) is 1. The maximum atomic E-state index is 9.78. The van der Waals surface area contributed by atoms with Gasteiger partial charge in [-0.1, -0.05) is 6.08 Å². The molecule has 0 amide bonds. The van der Waals surface area contributed by atoms with E-state index < -0.39 is 0 Å². The minimum absolute atomic E-state index is 0.133. The number of rotatable bonds is 5. The van der Waals surface area contributed by atoms with Crippen molar-refractivity contribution >= 4 is 23.0 Å². The fourth-order valence-corrected chi connectivity index (χ4v) is 1.46. The van der Waals surface area contributed by atoms with Crippen LogP contribution >= 0.6 is 12.2 Å². The molecule has 0 aliphatic rings. The Hall–Kier alpha value is -2.08. The molecular weight excluding hydrogens is 262 g/mol. The first-order chi connectivity index (χ1) is 9.08. The van der Waals surface area contributed by atoms with Crippen molar-refractivity contribution in [1.29, 1.82) is 0 Å². The summed E-state index contributed by atoms with van der Waals surface area (Å²) in [6.45, 7) is 5.90. The maximum absolute atomic E-state index is 9.78. The first kappa shape index (κ1) is 15.0. The third-order valence-electron chi connectivity index (χ3n) is 2.33. The number of nitrogens with one attached hydrogen (secondary N) is 2. The lowest BCUT2D eigenvalue weighted by atomic mass is 10.1. The summed E-state index contributed by atoms with van der Waals surface area (Å²) < 4.78 is 5.10. The molecule has 19 heavy (non-hydrogen) atoms. The van der Waals surface area contributed by atoms with Gasteiger partial charge < -0.3 is 15.2 Å². The highest BCUT2D eigenvalue weighted by molar-refractivity contribution is 7.80. The van der Waals surface area contributed by atoms with Crippen molar-refractivity contribution in [2.45, 2.75) is 6.92 Å². The van der Waals surface area contributed by atoms with Crippen LogP contribution in [0.25, 0.3) is 0 Å². The van der Waals surface area contributed by atoms with Crippen LogP contribution in [0.2, 0.25) is 0 Å². The second kappa shape index (κ2) is 7.38. The Morgan fingerprint density at radius 3 is 2.95 bits per heavy atom. The summed E-state index contributed by atoms with van der Waals surface area (Å²) in [4.78, 5) is 0. The van der Waals surface area contributed by atoms with E-state index in [-0.39, 0.29) is 5.75 Å². The number of phenols is 1. The van der Waals surface area contributed by atoms with Gasteiger partial charge in [0.25, 0.3) is 0 Å². The van der Waals surface area contributed by atoms with Crippen molar-refractivity contribution in [2.24, 2.45) is 5.10 Å². The fourth-order valence-electron chi connectivity index (χ4n) is 1.33. The Kier molecular flexibility index (Phi) is 5.81. The van der Waals surface area contributed by atoms with Gasteiger partial charge in [-0.15, -0.1) is 6.58 Å². The number of hydrazone groups is 1. The number of thiocarbonyl (C=S) groups is 1. The highest BCUT2D eigenvalue weighted by Gasteiger charge is 2.06. The van der Waals surface area contributed by atoms with Crippen LogP contribution in [0.4, 0.5) is 0 Å². The number of hydrogen-bond acceptors (Lipinski definition) is 4.